The average molecular weight is 223 g/mol. The summed E-state index contributed by atoms with van der Waals surface area (Å²) in [5.74, 6) is 0.796. The number of para-hydroxylation sites is 1. The fraction of sp³-hybridized carbons (Fsp3) is 0.538. The molecule has 0 amide bonds. The molecule has 16 heavy (non-hydrogen) atoms. The molecule has 0 aromatic heterocycles. The van der Waals surface area contributed by atoms with Gasteiger partial charge in [0.2, 0.25) is 0 Å². The molecule has 0 aliphatic heterocycles. The van der Waals surface area contributed by atoms with Crippen LogP contribution < -0.4 is 10.1 Å². The maximum atomic E-state index is 9.67. The van der Waals surface area contributed by atoms with E-state index in [0.717, 1.165) is 12.2 Å². The van der Waals surface area contributed by atoms with Gasteiger partial charge in [0.1, 0.15) is 18.5 Å². The van der Waals surface area contributed by atoms with Crippen LogP contribution >= 0.6 is 0 Å². The number of hydrogen-bond donors (Lipinski definition) is 2. The molecule has 0 heterocycles. The van der Waals surface area contributed by atoms with Crippen LogP contribution in [0.25, 0.3) is 0 Å². The lowest BCUT2D eigenvalue weighted by atomic mass is 10.2. The second kappa shape index (κ2) is 7.25. The standard InChI is InChI=1S/C13H21NO2/c1-3-11(2)14-9-12(15)10-16-13-7-5-4-6-8-13/h4-8,11-12,14-15H,3,9-10H2,1-2H3/t11-,12+/m1/s1. The molecule has 2 atom stereocenters. The van der Waals surface area contributed by atoms with E-state index in [-0.39, 0.29) is 0 Å². The van der Waals surface area contributed by atoms with Gasteiger partial charge in [0.05, 0.1) is 0 Å². The highest BCUT2D eigenvalue weighted by molar-refractivity contribution is 5.20. The minimum atomic E-state index is -0.464. The summed E-state index contributed by atoms with van der Waals surface area (Å²) in [7, 11) is 0. The van der Waals surface area contributed by atoms with Crippen LogP contribution in [0.3, 0.4) is 0 Å². The summed E-state index contributed by atoms with van der Waals surface area (Å²) in [5.41, 5.74) is 0. The number of benzene rings is 1. The van der Waals surface area contributed by atoms with E-state index in [1.165, 1.54) is 0 Å². The van der Waals surface area contributed by atoms with Crippen LogP contribution in [0.15, 0.2) is 30.3 Å². The molecule has 0 saturated heterocycles. The SMILES string of the molecule is CC[C@@H](C)NC[C@H](O)COc1ccccc1. The second-order valence-electron chi connectivity index (χ2n) is 4.00. The second-order valence-corrected chi connectivity index (χ2v) is 4.00. The van der Waals surface area contributed by atoms with Gasteiger partial charge >= 0.3 is 0 Å². The van der Waals surface area contributed by atoms with Gasteiger partial charge in [0.15, 0.2) is 0 Å². The summed E-state index contributed by atoms with van der Waals surface area (Å²) in [5, 5.41) is 12.9. The van der Waals surface area contributed by atoms with Gasteiger partial charge in [-0.1, -0.05) is 25.1 Å². The first-order valence-electron chi connectivity index (χ1n) is 5.81. The normalized spacial score (nSPS) is 14.4. The lowest BCUT2D eigenvalue weighted by Gasteiger charge is -2.16. The average Bonchev–Trinajstić information content (AvgIpc) is 2.34. The third-order valence-electron chi connectivity index (χ3n) is 2.50. The molecule has 0 bridgehead atoms. The quantitative estimate of drug-likeness (QED) is 0.741. The number of aliphatic hydroxyl groups excluding tert-OH is 1. The van der Waals surface area contributed by atoms with Crippen molar-refractivity contribution in [3.05, 3.63) is 30.3 Å². The van der Waals surface area contributed by atoms with Crippen molar-refractivity contribution in [2.45, 2.75) is 32.4 Å². The third kappa shape index (κ3) is 5.14. The predicted molar refractivity (Wildman–Crippen MR) is 65.7 cm³/mol. The Morgan fingerprint density at radius 2 is 2.00 bits per heavy atom. The molecule has 1 aromatic carbocycles. The van der Waals surface area contributed by atoms with Crippen LogP contribution in [-0.4, -0.2) is 30.4 Å². The van der Waals surface area contributed by atoms with E-state index in [1.54, 1.807) is 0 Å². The highest BCUT2D eigenvalue weighted by atomic mass is 16.5. The number of nitrogens with one attached hydrogen (secondary N) is 1. The molecule has 0 aliphatic carbocycles. The number of rotatable bonds is 7. The highest BCUT2D eigenvalue weighted by Crippen LogP contribution is 2.08. The Labute approximate surface area is 97.4 Å². The molecule has 0 radical (unpaired) electrons. The molecule has 90 valence electrons. The molecule has 0 fully saturated rings. The van der Waals surface area contributed by atoms with Crippen molar-refractivity contribution < 1.29 is 9.84 Å². The Hall–Kier alpha value is -1.06. The molecule has 0 unspecified atom stereocenters. The van der Waals surface area contributed by atoms with Gasteiger partial charge in [-0.15, -0.1) is 0 Å². The zero-order chi connectivity index (χ0) is 11.8. The van der Waals surface area contributed by atoms with Crippen LogP contribution in [0.5, 0.6) is 5.75 Å². The summed E-state index contributed by atoms with van der Waals surface area (Å²) >= 11 is 0. The van der Waals surface area contributed by atoms with Crippen molar-refractivity contribution >= 4 is 0 Å². The summed E-state index contributed by atoms with van der Waals surface area (Å²) in [6.07, 6.45) is 0.598. The Morgan fingerprint density at radius 3 is 2.62 bits per heavy atom. The first kappa shape index (κ1) is 13.0. The van der Waals surface area contributed by atoms with E-state index in [2.05, 4.69) is 19.2 Å². The van der Waals surface area contributed by atoms with E-state index in [1.807, 2.05) is 30.3 Å². The molecular weight excluding hydrogens is 202 g/mol. The van der Waals surface area contributed by atoms with Crippen molar-refractivity contribution in [3.63, 3.8) is 0 Å². The van der Waals surface area contributed by atoms with E-state index in [9.17, 15) is 5.11 Å². The van der Waals surface area contributed by atoms with Gasteiger partial charge in [-0.2, -0.15) is 0 Å². The summed E-state index contributed by atoms with van der Waals surface area (Å²) in [6.45, 7) is 5.12. The molecule has 1 aromatic rings. The summed E-state index contributed by atoms with van der Waals surface area (Å²) in [6, 6.07) is 9.97. The maximum Gasteiger partial charge on any atom is 0.119 e. The van der Waals surface area contributed by atoms with Crippen LogP contribution in [0.2, 0.25) is 0 Å². The number of hydrogen-bond acceptors (Lipinski definition) is 3. The van der Waals surface area contributed by atoms with Gasteiger partial charge in [0.25, 0.3) is 0 Å². The molecule has 0 saturated carbocycles. The fourth-order valence-corrected chi connectivity index (χ4v) is 1.25. The third-order valence-corrected chi connectivity index (χ3v) is 2.50. The van der Waals surface area contributed by atoms with Gasteiger partial charge in [-0.25, -0.2) is 0 Å². The summed E-state index contributed by atoms with van der Waals surface area (Å²) < 4.78 is 5.44. The van der Waals surface area contributed by atoms with Crippen LogP contribution in [-0.2, 0) is 0 Å². The van der Waals surface area contributed by atoms with Crippen molar-refractivity contribution in [2.75, 3.05) is 13.2 Å². The minimum Gasteiger partial charge on any atom is -0.491 e. The van der Waals surface area contributed by atoms with Gasteiger partial charge < -0.3 is 15.2 Å². The molecule has 0 aliphatic rings. The zero-order valence-corrected chi connectivity index (χ0v) is 10.0. The molecule has 0 spiro atoms. The van der Waals surface area contributed by atoms with Gasteiger partial charge in [-0.05, 0) is 25.5 Å². The highest BCUT2D eigenvalue weighted by Gasteiger charge is 2.06. The Kier molecular flexibility index (Phi) is 5.90. The van der Waals surface area contributed by atoms with Crippen molar-refractivity contribution in [2.24, 2.45) is 0 Å². The van der Waals surface area contributed by atoms with Crippen molar-refractivity contribution in [3.8, 4) is 5.75 Å². The minimum absolute atomic E-state index is 0.327. The monoisotopic (exact) mass is 223 g/mol. The molecule has 3 nitrogen and oxygen atoms in total. The van der Waals surface area contributed by atoms with E-state index in [4.69, 9.17) is 4.74 Å². The Morgan fingerprint density at radius 1 is 1.31 bits per heavy atom. The van der Waals surface area contributed by atoms with E-state index >= 15 is 0 Å². The lowest BCUT2D eigenvalue weighted by molar-refractivity contribution is 0.104. The Bertz CT molecular complexity index is 277. The van der Waals surface area contributed by atoms with E-state index in [0.29, 0.717) is 19.2 Å². The predicted octanol–water partition coefficient (Wildman–Crippen LogP) is 1.81. The maximum absolute atomic E-state index is 9.67. The fourth-order valence-electron chi connectivity index (χ4n) is 1.25. The van der Waals surface area contributed by atoms with Gasteiger partial charge in [0, 0.05) is 12.6 Å². The smallest absolute Gasteiger partial charge is 0.119 e. The van der Waals surface area contributed by atoms with Gasteiger partial charge in [-0.3, -0.25) is 0 Å². The number of ether oxygens (including phenoxy) is 1. The molecule has 2 N–H and O–H groups in total. The number of aliphatic hydroxyl groups is 1. The lowest BCUT2D eigenvalue weighted by Crippen LogP contribution is -2.36. The first-order valence-corrected chi connectivity index (χ1v) is 5.81. The topological polar surface area (TPSA) is 41.5 Å². The van der Waals surface area contributed by atoms with E-state index < -0.39 is 6.10 Å². The molecule has 3 heteroatoms. The first-order chi connectivity index (χ1) is 7.72. The Balaban J connectivity index is 2.18. The molecule has 1 rings (SSSR count). The summed E-state index contributed by atoms with van der Waals surface area (Å²) in [4.78, 5) is 0. The van der Waals surface area contributed by atoms with Crippen LogP contribution in [0, 0.1) is 0 Å². The largest absolute Gasteiger partial charge is 0.491 e. The van der Waals surface area contributed by atoms with Crippen LogP contribution in [0.4, 0.5) is 0 Å². The van der Waals surface area contributed by atoms with Crippen molar-refractivity contribution in [1.29, 1.82) is 0 Å². The van der Waals surface area contributed by atoms with Crippen LogP contribution in [0.1, 0.15) is 20.3 Å². The zero-order valence-electron chi connectivity index (χ0n) is 10.0. The van der Waals surface area contributed by atoms with Crippen molar-refractivity contribution in [1.82, 2.24) is 5.32 Å². The molecular formula is C13H21NO2.